The average molecular weight is 847 g/mol. The summed E-state index contributed by atoms with van der Waals surface area (Å²) in [6.45, 7) is 2.20. The molecule has 314 valence electrons. The molecular weight excluding hydrogens is 807 g/mol. The van der Waals surface area contributed by atoms with Gasteiger partial charge in [0.05, 0.1) is 37.1 Å². The van der Waals surface area contributed by atoms with E-state index in [0.717, 1.165) is 18.9 Å². The van der Waals surface area contributed by atoms with Crippen molar-refractivity contribution in [2.75, 3.05) is 52.2 Å². The Bertz CT molecular complexity index is 2620. The van der Waals surface area contributed by atoms with Gasteiger partial charge in [-0.1, -0.05) is 11.6 Å². The number of fused-ring (bicyclic) bond motifs is 2. The van der Waals surface area contributed by atoms with E-state index in [9.17, 15) is 33.9 Å². The van der Waals surface area contributed by atoms with Crippen LogP contribution in [0.1, 0.15) is 57.8 Å². The summed E-state index contributed by atoms with van der Waals surface area (Å²) < 4.78 is 45.4. The number of rotatable bonds is 12. The molecule has 1 saturated carbocycles. The molecule has 3 aromatic carbocycles. The molecule has 16 nitrogen and oxygen atoms in total. The number of hydrogen-bond acceptors (Lipinski definition) is 12. The molecule has 1 atom stereocenters. The number of piperazine rings is 1. The molecule has 3 heterocycles. The molecule has 18 heteroatoms. The van der Waals surface area contributed by atoms with Gasteiger partial charge in [-0.3, -0.25) is 19.0 Å². The van der Waals surface area contributed by atoms with Gasteiger partial charge in [0.2, 0.25) is 12.2 Å². The van der Waals surface area contributed by atoms with E-state index in [1.54, 1.807) is 65.8 Å². The zero-order valence-corrected chi connectivity index (χ0v) is 33.7. The standard InChI is InChI=1S/C42H40ClFN4O12/c1-22-18-45(37-32(44)16-30-36(39(37)57-4)47(26-9-10-26)19-31(38(30)51)41(53)54)13-14-46(22)42(55)60-21-59-35(50)20-58-34(49)17-28-23(2)48(33-12-11-27(56-3)15-29(28)33)40(52)24-5-7-25(43)8-6-24/h5-8,11-12,15-16,19,22,26H,9-10,13-14,17-18,20-21H2,1-4H3,(H,53,54). The third kappa shape index (κ3) is 8.04. The fraction of sp³-hybridized carbons (Fsp3) is 0.333. The van der Waals surface area contributed by atoms with Crippen molar-refractivity contribution >= 4 is 69.0 Å². The van der Waals surface area contributed by atoms with Crippen molar-refractivity contribution in [2.45, 2.75) is 45.2 Å². The minimum Gasteiger partial charge on any atom is -0.497 e. The Kier molecular flexibility index (Phi) is 11.7. The number of carbonyl (C=O) groups is 5. The normalized spacial score (nSPS) is 15.2. The molecule has 2 aliphatic rings. The van der Waals surface area contributed by atoms with Crippen LogP contribution in [0.15, 0.2) is 59.5 Å². The van der Waals surface area contributed by atoms with Crippen LogP contribution in [0.3, 0.4) is 0 Å². The largest absolute Gasteiger partial charge is 0.497 e. The summed E-state index contributed by atoms with van der Waals surface area (Å²) in [6, 6.07) is 11.9. The third-order valence-corrected chi connectivity index (χ3v) is 10.9. The van der Waals surface area contributed by atoms with E-state index in [0.29, 0.717) is 44.0 Å². The number of benzene rings is 3. The SMILES string of the molecule is COc1ccc2c(c1)c(CC(=O)OCC(=O)OCOC(=O)N1CCN(c3c(F)cc4c(=O)c(C(=O)O)cn(C5CC5)c4c3OC)CC1C)c(C)n2C(=O)c1ccc(Cl)cc1. The summed E-state index contributed by atoms with van der Waals surface area (Å²) in [6.07, 6.45) is 1.69. The Morgan fingerprint density at radius 2 is 1.65 bits per heavy atom. The van der Waals surface area contributed by atoms with Crippen LogP contribution in [0.4, 0.5) is 14.9 Å². The molecule has 0 bridgehead atoms. The molecule has 1 unspecified atom stereocenters. The van der Waals surface area contributed by atoms with Crippen molar-refractivity contribution < 1.29 is 57.2 Å². The van der Waals surface area contributed by atoms with Gasteiger partial charge in [-0.2, -0.15) is 0 Å². The molecule has 60 heavy (non-hydrogen) atoms. The van der Waals surface area contributed by atoms with Crippen LogP contribution in [0, 0.1) is 12.7 Å². The topological polar surface area (TPSA) is 185 Å². The maximum atomic E-state index is 15.8. The number of carbonyl (C=O) groups excluding carboxylic acids is 4. The highest BCUT2D eigenvalue weighted by atomic mass is 35.5. The molecule has 1 amide bonds. The van der Waals surface area contributed by atoms with Gasteiger partial charge in [0, 0.05) is 59.6 Å². The maximum absolute atomic E-state index is 15.8. The van der Waals surface area contributed by atoms with Gasteiger partial charge in [-0.05, 0) is 80.8 Å². The molecule has 0 spiro atoms. The van der Waals surface area contributed by atoms with Crippen LogP contribution in [-0.4, -0.2) is 102 Å². The smallest absolute Gasteiger partial charge is 0.413 e. The van der Waals surface area contributed by atoms with Crippen LogP contribution in [0.25, 0.3) is 21.8 Å². The van der Waals surface area contributed by atoms with Crippen LogP contribution in [0.5, 0.6) is 11.5 Å². The second-order valence-corrected chi connectivity index (χ2v) is 14.9. The number of hydrogen-bond donors (Lipinski definition) is 1. The molecule has 1 saturated heterocycles. The Morgan fingerprint density at radius 3 is 2.30 bits per heavy atom. The lowest BCUT2D eigenvalue weighted by Gasteiger charge is -2.40. The van der Waals surface area contributed by atoms with E-state index >= 15 is 4.39 Å². The highest BCUT2D eigenvalue weighted by Crippen LogP contribution is 2.44. The number of esters is 2. The lowest BCUT2D eigenvalue weighted by molar-refractivity contribution is -0.164. The molecule has 1 aliphatic heterocycles. The second-order valence-electron chi connectivity index (χ2n) is 14.4. The summed E-state index contributed by atoms with van der Waals surface area (Å²) in [5.41, 5.74) is 0.958. The van der Waals surface area contributed by atoms with Crippen molar-refractivity contribution in [3.05, 3.63) is 98.2 Å². The van der Waals surface area contributed by atoms with Crippen molar-refractivity contribution in [3.8, 4) is 11.5 Å². The lowest BCUT2D eigenvalue weighted by atomic mass is 10.1. The quantitative estimate of drug-likeness (QED) is 0.119. The van der Waals surface area contributed by atoms with Gasteiger partial charge >= 0.3 is 24.0 Å². The lowest BCUT2D eigenvalue weighted by Crippen LogP contribution is -2.54. The van der Waals surface area contributed by atoms with Crippen molar-refractivity contribution in [3.63, 3.8) is 0 Å². The molecule has 1 aliphatic carbocycles. The first-order valence-corrected chi connectivity index (χ1v) is 19.3. The first-order chi connectivity index (χ1) is 28.7. The monoisotopic (exact) mass is 846 g/mol. The van der Waals surface area contributed by atoms with Crippen molar-refractivity contribution in [1.29, 1.82) is 0 Å². The van der Waals surface area contributed by atoms with E-state index < -0.39 is 60.3 Å². The summed E-state index contributed by atoms with van der Waals surface area (Å²) >= 11 is 6.01. The number of anilines is 1. The number of halogens is 2. The highest BCUT2D eigenvalue weighted by Gasteiger charge is 2.35. The van der Waals surface area contributed by atoms with Crippen molar-refractivity contribution in [1.82, 2.24) is 14.0 Å². The molecular formula is C42H40ClFN4O12. The maximum Gasteiger partial charge on any atom is 0.413 e. The zero-order valence-electron chi connectivity index (χ0n) is 33.0. The summed E-state index contributed by atoms with van der Waals surface area (Å²) in [5, 5.41) is 10.6. The Hall–Kier alpha value is -6.62. The first-order valence-electron chi connectivity index (χ1n) is 18.9. The fourth-order valence-electron chi connectivity index (χ4n) is 7.56. The number of aromatic nitrogens is 2. The van der Waals surface area contributed by atoms with E-state index in [1.807, 2.05) is 0 Å². The van der Waals surface area contributed by atoms with E-state index in [-0.39, 0.29) is 54.8 Å². The molecule has 7 rings (SSSR count). The predicted molar refractivity (Wildman–Crippen MR) is 215 cm³/mol. The van der Waals surface area contributed by atoms with Crippen LogP contribution in [-0.2, 0) is 30.2 Å². The minimum atomic E-state index is -1.41. The van der Waals surface area contributed by atoms with Gasteiger partial charge in [0.25, 0.3) is 5.91 Å². The highest BCUT2D eigenvalue weighted by molar-refractivity contribution is 6.30. The van der Waals surface area contributed by atoms with E-state index in [1.165, 1.54) is 29.9 Å². The Labute approximate surface area is 346 Å². The number of amides is 1. The molecule has 0 radical (unpaired) electrons. The summed E-state index contributed by atoms with van der Waals surface area (Å²) in [4.78, 5) is 80.1. The Morgan fingerprint density at radius 1 is 0.917 bits per heavy atom. The van der Waals surface area contributed by atoms with Crippen LogP contribution in [0.2, 0.25) is 5.02 Å². The predicted octanol–water partition coefficient (Wildman–Crippen LogP) is 5.73. The number of methoxy groups -OCH3 is 2. The fourth-order valence-corrected chi connectivity index (χ4v) is 7.68. The summed E-state index contributed by atoms with van der Waals surface area (Å²) in [5.74, 6) is -3.72. The Balaban J connectivity index is 0.948. The molecule has 2 fully saturated rings. The number of carboxylic acids is 1. The molecule has 5 aromatic rings. The average Bonchev–Trinajstić information content (AvgIpc) is 4.04. The van der Waals surface area contributed by atoms with Gasteiger partial charge in [0.1, 0.15) is 17.0 Å². The van der Waals surface area contributed by atoms with Gasteiger partial charge in [-0.25, -0.2) is 18.8 Å². The van der Waals surface area contributed by atoms with Crippen molar-refractivity contribution in [2.24, 2.45) is 0 Å². The third-order valence-electron chi connectivity index (χ3n) is 10.7. The van der Waals surface area contributed by atoms with Gasteiger partial charge in [-0.15, -0.1) is 0 Å². The summed E-state index contributed by atoms with van der Waals surface area (Å²) in [7, 11) is 2.84. The molecule has 2 aromatic heterocycles. The second kappa shape index (κ2) is 16.9. The first kappa shape index (κ1) is 41.5. The number of carboxylic acid groups (broad SMARTS) is 1. The van der Waals surface area contributed by atoms with Crippen LogP contribution >= 0.6 is 11.6 Å². The van der Waals surface area contributed by atoms with Gasteiger partial charge < -0.3 is 43.2 Å². The minimum absolute atomic E-state index is 0.0669. The number of ether oxygens (including phenoxy) is 5. The van der Waals surface area contributed by atoms with Crippen LogP contribution < -0.4 is 19.8 Å². The number of aromatic carboxylic acids is 1. The van der Waals surface area contributed by atoms with E-state index in [4.69, 9.17) is 35.3 Å². The zero-order chi connectivity index (χ0) is 43.0. The number of nitrogens with zero attached hydrogens (tertiary/aromatic N) is 4. The molecule has 1 N–H and O–H groups in total. The van der Waals surface area contributed by atoms with E-state index in [2.05, 4.69) is 0 Å². The van der Waals surface area contributed by atoms with Gasteiger partial charge in [0.15, 0.2) is 18.2 Å². The number of pyridine rings is 1.